The van der Waals surface area contributed by atoms with Gasteiger partial charge in [0.1, 0.15) is 0 Å². The summed E-state index contributed by atoms with van der Waals surface area (Å²) in [4.78, 5) is 11.1. The second-order valence-electron chi connectivity index (χ2n) is 4.66. The van der Waals surface area contributed by atoms with E-state index in [-0.39, 0.29) is 11.8 Å². The van der Waals surface area contributed by atoms with Crippen LogP contribution in [0.5, 0.6) is 0 Å². The third kappa shape index (κ3) is 4.19. The van der Waals surface area contributed by atoms with Crippen LogP contribution in [-0.4, -0.2) is 17.2 Å². The molecule has 1 aromatic rings. The van der Waals surface area contributed by atoms with Crippen molar-refractivity contribution in [2.45, 2.75) is 33.5 Å². The first kappa shape index (κ1) is 13.7. The van der Waals surface area contributed by atoms with Crippen molar-refractivity contribution in [3.05, 3.63) is 35.9 Å². The summed E-state index contributed by atoms with van der Waals surface area (Å²) < 4.78 is 5.51. The first-order valence-corrected chi connectivity index (χ1v) is 5.90. The Labute approximate surface area is 102 Å². The van der Waals surface area contributed by atoms with Gasteiger partial charge in [-0.05, 0) is 17.4 Å². The summed E-state index contributed by atoms with van der Waals surface area (Å²) in [6.07, 6.45) is -0.741. The summed E-state index contributed by atoms with van der Waals surface area (Å²) in [5.74, 6) is -0.606. The topological polar surface area (TPSA) is 46.5 Å². The molecular formula is C14H20O3. The van der Waals surface area contributed by atoms with Gasteiger partial charge >= 0.3 is 5.97 Å². The second kappa shape index (κ2) is 6.40. The number of hydrogen-bond donors (Lipinski definition) is 1. The number of rotatable bonds is 6. The molecule has 3 heteroatoms. The van der Waals surface area contributed by atoms with E-state index in [1.807, 2.05) is 51.1 Å². The van der Waals surface area contributed by atoms with E-state index in [1.54, 1.807) is 0 Å². The highest BCUT2D eigenvalue weighted by molar-refractivity contribution is 5.72. The molecule has 2 atom stereocenters. The van der Waals surface area contributed by atoms with E-state index in [2.05, 4.69) is 0 Å². The molecule has 0 radical (unpaired) electrons. The Bertz CT molecular complexity index is 346. The minimum Gasteiger partial charge on any atom is -0.479 e. The Morgan fingerprint density at radius 1 is 1.24 bits per heavy atom. The maximum Gasteiger partial charge on any atom is 0.333 e. The average Bonchev–Trinajstić information content (AvgIpc) is 2.29. The van der Waals surface area contributed by atoms with Crippen molar-refractivity contribution >= 4 is 5.97 Å². The summed E-state index contributed by atoms with van der Waals surface area (Å²) in [7, 11) is 0. The zero-order valence-corrected chi connectivity index (χ0v) is 10.6. The molecule has 0 amide bonds. The van der Waals surface area contributed by atoms with Crippen LogP contribution in [0.2, 0.25) is 0 Å². The van der Waals surface area contributed by atoms with Crippen LogP contribution in [0.15, 0.2) is 30.3 Å². The molecule has 0 heterocycles. The molecule has 1 aromatic carbocycles. The summed E-state index contributed by atoms with van der Waals surface area (Å²) in [5, 5.41) is 9.15. The van der Waals surface area contributed by atoms with Crippen molar-refractivity contribution < 1.29 is 14.6 Å². The summed E-state index contributed by atoms with van der Waals surface area (Å²) >= 11 is 0. The Balaban J connectivity index is 2.60. The highest BCUT2D eigenvalue weighted by atomic mass is 16.5. The maximum absolute atomic E-state index is 11.1. The average molecular weight is 236 g/mol. The van der Waals surface area contributed by atoms with E-state index < -0.39 is 12.1 Å². The minimum absolute atomic E-state index is 0.00351. The first-order chi connectivity index (χ1) is 8.02. The molecule has 0 bridgehead atoms. The predicted molar refractivity (Wildman–Crippen MR) is 66.7 cm³/mol. The van der Waals surface area contributed by atoms with Gasteiger partial charge in [0.15, 0.2) is 6.10 Å². The normalized spacial score (nSPS) is 14.6. The zero-order valence-electron chi connectivity index (χ0n) is 10.6. The predicted octanol–water partition coefficient (Wildman–Crippen LogP) is 2.95. The molecule has 3 nitrogen and oxygen atoms in total. The van der Waals surface area contributed by atoms with Gasteiger partial charge in [0.2, 0.25) is 0 Å². The molecule has 0 aliphatic heterocycles. The lowest BCUT2D eigenvalue weighted by atomic mass is 9.92. The molecule has 0 aliphatic rings. The van der Waals surface area contributed by atoms with Gasteiger partial charge in [-0.1, -0.05) is 51.1 Å². The fraction of sp³-hybridized carbons (Fsp3) is 0.500. The van der Waals surface area contributed by atoms with Gasteiger partial charge in [0, 0.05) is 0 Å². The van der Waals surface area contributed by atoms with Gasteiger partial charge < -0.3 is 9.84 Å². The van der Waals surface area contributed by atoms with Crippen molar-refractivity contribution in [1.29, 1.82) is 0 Å². The van der Waals surface area contributed by atoms with Crippen LogP contribution in [0.4, 0.5) is 0 Å². The van der Waals surface area contributed by atoms with Crippen LogP contribution in [0.25, 0.3) is 0 Å². The van der Waals surface area contributed by atoms with Crippen molar-refractivity contribution in [2.24, 2.45) is 11.8 Å². The molecule has 94 valence electrons. The van der Waals surface area contributed by atoms with Crippen molar-refractivity contribution in [2.75, 3.05) is 0 Å². The molecule has 1 rings (SSSR count). The number of aliphatic carboxylic acids is 1. The molecule has 0 aromatic heterocycles. The van der Waals surface area contributed by atoms with E-state index in [4.69, 9.17) is 9.84 Å². The zero-order chi connectivity index (χ0) is 12.8. The summed E-state index contributed by atoms with van der Waals surface area (Å²) in [5.41, 5.74) is 0.995. The minimum atomic E-state index is -0.887. The van der Waals surface area contributed by atoms with Crippen LogP contribution < -0.4 is 0 Å². The summed E-state index contributed by atoms with van der Waals surface area (Å²) in [6, 6.07) is 9.62. The van der Waals surface area contributed by atoms with E-state index in [1.165, 1.54) is 0 Å². The van der Waals surface area contributed by atoms with Gasteiger partial charge in [-0.25, -0.2) is 4.79 Å². The van der Waals surface area contributed by atoms with Gasteiger partial charge in [0.25, 0.3) is 0 Å². The monoisotopic (exact) mass is 236 g/mol. The largest absolute Gasteiger partial charge is 0.479 e. The molecule has 0 spiro atoms. The number of hydrogen-bond acceptors (Lipinski definition) is 2. The lowest BCUT2D eigenvalue weighted by Crippen LogP contribution is -2.33. The maximum atomic E-state index is 11.1. The molecular weight excluding hydrogens is 216 g/mol. The first-order valence-electron chi connectivity index (χ1n) is 5.90. The highest BCUT2D eigenvalue weighted by Gasteiger charge is 2.27. The van der Waals surface area contributed by atoms with Crippen LogP contribution in [0, 0.1) is 11.8 Å². The van der Waals surface area contributed by atoms with Gasteiger partial charge in [-0.2, -0.15) is 0 Å². The Hall–Kier alpha value is -1.35. The number of carbonyl (C=O) groups is 1. The Kier molecular flexibility index (Phi) is 5.16. The smallest absolute Gasteiger partial charge is 0.333 e. The number of carboxylic acid groups (broad SMARTS) is 1. The number of ether oxygens (including phenoxy) is 1. The second-order valence-corrected chi connectivity index (χ2v) is 4.66. The molecule has 0 aliphatic carbocycles. The van der Waals surface area contributed by atoms with Crippen LogP contribution in [0.3, 0.4) is 0 Å². The number of carboxylic acids is 1. The Morgan fingerprint density at radius 3 is 2.29 bits per heavy atom. The molecule has 1 N–H and O–H groups in total. The van der Waals surface area contributed by atoms with Crippen LogP contribution >= 0.6 is 0 Å². The quantitative estimate of drug-likeness (QED) is 0.826. The Morgan fingerprint density at radius 2 is 1.82 bits per heavy atom. The van der Waals surface area contributed by atoms with Crippen LogP contribution in [-0.2, 0) is 16.1 Å². The fourth-order valence-corrected chi connectivity index (χ4v) is 1.56. The van der Waals surface area contributed by atoms with E-state index in [0.717, 1.165) is 5.56 Å². The van der Waals surface area contributed by atoms with E-state index in [0.29, 0.717) is 6.61 Å². The molecule has 0 fully saturated rings. The van der Waals surface area contributed by atoms with Crippen molar-refractivity contribution in [3.63, 3.8) is 0 Å². The molecule has 0 saturated heterocycles. The highest BCUT2D eigenvalue weighted by Crippen LogP contribution is 2.19. The van der Waals surface area contributed by atoms with Crippen LogP contribution in [0.1, 0.15) is 26.3 Å². The van der Waals surface area contributed by atoms with Crippen molar-refractivity contribution in [1.82, 2.24) is 0 Å². The fourth-order valence-electron chi connectivity index (χ4n) is 1.56. The SMILES string of the molecule is CC(C)C(C)C(OCc1ccccc1)C(=O)O. The molecule has 2 unspecified atom stereocenters. The van der Waals surface area contributed by atoms with E-state index in [9.17, 15) is 4.79 Å². The van der Waals surface area contributed by atoms with E-state index >= 15 is 0 Å². The van der Waals surface area contributed by atoms with Gasteiger partial charge in [-0.3, -0.25) is 0 Å². The standard InChI is InChI=1S/C14H20O3/c1-10(2)11(3)13(14(15)16)17-9-12-7-5-4-6-8-12/h4-8,10-11,13H,9H2,1-3H3,(H,15,16). The lowest BCUT2D eigenvalue weighted by molar-refractivity contribution is -0.156. The molecule has 0 saturated carbocycles. The van der Waals surface area contributed by atoms with Crippen molar-refractivity contribution in [3.8, 4) is 0 Å². The van der Waals surface area contributed by atoms with Gasteiger partial charge in [0.05, 0.1) is 6.61 Å². The third-order valence-electron chi connectivity index (χ3n) is 3.04. The van der Waals surface area contributed by atoms with Gasteiger partial charge in [-0.15, -0.1) is 0 Å². The lowest BCUT2D eigenvalue weighted by Gasteiger charge is -2.23. The number of benzene rings is 1. The third-order valence-corrected chi connectivity index (χ3v) is 3.04. The molecule has 17 heavy (non-hydrogen) atoms. The summed E-state index contributed by atoms with van der Waals surface area (Å²) in [6.45, 7) is 6.27.